The number of hydrogen-bond acceptors (Lipinski definition) is 5. The van der Waals surface area contributed by atoms with Crippen LogP contribution in [0.1, 0.15) is 11.1 Å². The number of rotatable bonds is 6. The van der Waals surface area contributed by atoms with Crippen LogP contribution in [0.25, 0.3) is 0 Å². The topological polar surface area (TPSA) is 79.6 Å². The highest BCUT2D eigenvalue weighted by Crippen LogP contribution is 2.36. The summed E-state index contributed by atoms with van der Waals surface area (Å²) in [4.78, 5) is 0.0575. The Morgan fingerprint density at radius 3 is 2.36 bits per heavy atom. The highest BCUT2D eigenvalue weighted by Gasteiger charge is 2.26. The van der Waals surface area contributed by atoms with E-state index in [9.17, 15) is 8.42 Å². The van der Waals surface area contributed by atoms with Crippen LogP contribution in [0.4, 0.5) is 0 Å². The van der Waals surface area contributed by atoms with Gasteiger partial charge < -0.3 is 9.47 Å². The predicted molar refractivity (Wildman–Crippen MR) is 97.1 cm³/mol. The molecule has 8 heteroatoms. The molecule has 0 saturated heterocycles. The third-order valence-corrected chi connectivity index (χ3v) is 6.42. The summed E-state index contributed by atoms with van der Waals surface area (Å²) >= 11 is 3.28. The molecule has 0 aliphatic carbocycles. The molecule has 0 spiro atoms. The van der Waals surface area contributed by atoms with Gasteiger partial charge in [0, 0.05) is 24.1 Å². The van der Waals surface area contributed by atoms with Crippen molar-refractivity contribution in [3.8, 4) is 17.6 Å². The monoisotopic (exact) mass is 424 g/mol. The Morgan fingerprint density at radius 2 is 1.76 bits per heavy atom. The van der Waals surface area contributed by atoms with Crippen molar-refractivity contribution in [2.75, 3.05) is 21.3 Å². The molecule has 132 valence electrons. The second-order valence-electron chi connectivity index (χ2n) is 5.17. The second-order valence-corrected chi connectivity index (χ2v) is 8.04. The summed E-state index contributed by atoms with van der Waals surface area (Å²) in [7, 11) is 0.571. The first kappa shape index (κ1) is 19.2. The van der Waals surface area contributed by atoms with E-state index in [0.717, 1.165) is 0 Å². The Labute approximate surface area is 155 Å². The molecule has 0 bridgehead atoms. The minimum atomic E-state index is -3.81. The van der Waals surface area contributed by atoms with Crippen LogP contribution in [-0.4, -0.2) is 34.0 Å². The quantitative estimate of drug-likeness (QED) is 0.711. The summed E-state index contributed by atoms with van der Waals surface area (Å²) in [6.45, 7) is 0.0762. The van der Waals surface area contributed by atoms with Gasteiger partial charge in [0.2, 0.25) is 10.0 Å². The standard InChI is InChI=1S/C17H17BrN2O4S/c1-20(11-13-7-5-4-6-12(13)10-19)25(21,22)17-9-16(24-3)15(23-2)8-14(17)18/h4-9H,11H2,1-3H3. The number of methoxy groups -OCH3 is 2. The summed E-state index contributed by atoms with van der Waals surface area (Å²) < 4.78 is 37.8. The lowest BCUT2D eigenvalue weighted by Crippen LogP contribution is -2.27. The molecule has 0 amide bonds. The molecule has 2 aromatic carbocycles. The first-order chi connectivity index (χ1) is 11.8. The van der Waals surface area contributed by atoms with Gasteiger partial charge in [-0.2, -0.15) is 9.57 Å². The third kappa shape index (κ3) is 3.95. The van der Waals surface area contributed by atoms with E-state index < -0.39 is 10.0 Å². The number of hydrogen-bond donors (Lipinski definition) is 0. The van der Waals surface area contributed by atoms with Crippen LogP contribution in [0, 0.1) is 11.3 Å². The van der Waals surface area contributed by atoms with Crippen molar-refractivity contribution >= 4 is 26.0 Å². The molecular formula is C17H17BrN2O4S. The molecule has 0 aliphatic rings. The maximum Gasteiger partial charge on any atom is 0.244 e. The Bertz CT molecular complexity index is 923. The van der Waals surface area contributed by atoms with Gasteiger partial charge in [-0.3, -0.25) is 0 Å². The number of halogens is 1. The summed E-state index contributed by atoms with van der Waals surface area (Å²) in [5.41, 5.74) is 1.07. The lowest BCUT2D eigenvalue weighted by molar-refractivity contribution is 0.353. The largest absolute Gasteiger partial charge is 0.493 e. The number of benzene rings is 2. The average molecular weight is 425 g/mol. The van der Waals surface area contributed by atoms with Gasteiger partial charge in [0.1, 0.15) is 4.90 Å². The molecule has 0 aliphatic heterocycles. The molecule has 2 aromatic rings. The Kier molecular flexibility index (Phi) is 6.06. The zero-order chi connectivity index (χ0) is 18.6. The number of nitriles is 1. The fourth-order valence-electron chi connectivity index (χ4n) is 2.29. The zero-order valence-corrected chi connectivity index (χ0v) is 16.4. The Balaban J connectivity index is 2.43. The number of sulfonamides is 1. The highest BCUT2D eigenvalue weighted by atomic mass is 79.9. The maximum atomic E-state index is 12.9. The molecule has 0 unspecified atom stereocenters. The van der Waals surface area contributed by atoms with E-state index in [2.05, 4.69) is 22.0 Å². The Morgan fingerprint density at radius 1 is 1.16 bits per heavy atom. The molecule has 2 rings (SSSR count). The lowest BCUT2D eigenvalue weighted by atomic mass is 10.1. The molecule has 6 nitrogen and oxygen atoms in total. The second kappa shape index (κ2) is 7.87. The van der Waals surface area contributed by atoms with E-state index in [1.54, 1.807) is 30.3 Å². The van der Waals surface area contributed by atoms with Crippen molar-refractivity contribution in [2.45, 2.75) is 11.4 Å². The fourth-order valence-corrected chi connectivity index (χ4v) is 4.44. The van der Waals surface area contributed by atoms with Gasteiger partial charge in [-0.1, -0.05) is 18.2 Å². The van der Waals surface area contributed by atoms with Crippen LogP contribution in [-0.2, 0) is 16.6 Å². The van der Waals surface area contributed by atoms with Crippen LogP contribution < -0.4 is 9.47 Å². The SMILES string of the molecule is COc1cc(Br)c(S(=O)(=O)N(C)Cc2ccccc2C#N)cc1OC. The highest BCUT2D eigenvalue weighted by molar-refractivity contribution is 9.10. The molecule has 25 heavy (non-hydrogen) atoms. The van der Waals surface area contributed by atoms with Gasteiger partial charge >= 0.3 is 0 Å². The summed E-state index contributed by atoms with van der Waals surface area (Å²) in [6, 6.07) is 11.9. The molecule has 0 aromatic heterocycles. The smallest absolute Gasteiger partial charge is 0.244 e. The van der Waals surface area contributed by atoms with Gasteiger partial charge in [-0.15, -0.1) is 0 Å². The fraction of sp³-hybridized carbons (Fsp3) is 0.235. The van der Waals surface area contributed by atoms with Crippen LogP contribution in [0.5, 0.6) is 11.5 Å². The van der Waals surface area contributed by atoms with E-state index in [0.29, 0.717) is 27.1 Å². The van der Waals surface area contributed by atoms with Crippen molar-refractivity contribution in [1.82, 2.24) is 4.31 Å². The van der Waals surface area contributed by atoms with Crippen molar-refractivity contribution < 1.29 is 17.9 Å². The van der Waals surface area contributed by atoms with Crippen LogP contribution in [0.2, 0.25) is 0 Å². The predicted octanol–water partition coefficient (Wildman–Crippen LogP) is 3.16. The molecule has 0 fully saturated rings. The van der Waals surface area contributed by atoms with E-state index >= 15 is 0 Å². The minimum Gasteiger partial charge on any atom is -0.493 e. The summed E-state index contributed by atoms with van der Waals surface area (Å²) in [5, 5.41) is 9.17. The van der Waals surface area contributed by atoms with Crippen molar-refractivity contribution in [3.63, 3.8) is 0 Å². The summed E-state index contributed by atoms with van der Waals surface area (Å²) in [5.74, 6) is 0.737. The summed E-state index contributed by atoms with van der Waals surface area (Å²) in [6.07, 6.45) is 0. The lowest BCUT2D eigenvalue weighted by Gasteiger charge is -2.20. The normalized spacial score (nSPS) is 11.2. The number of ether oxygens (including phenoxy) is 2. The van der Waals surface area contributed by atoms with Crippen LogP contribution in [0.15, 0.2) is 45.8 Å². The van der Waals surface area contributed by atoms with Crippen molar-refractivity contribution in [3.05, 3.63) is 52.0 Å². The van der Waals surface area contributed by atoms with Gasteiger partial charge in [-0.25, -0.2) is 8.42 Å². The van der Waals surface area contributed by atoms with Crippen molar-refractivity contribution in [1.29, 1.82) is 5.26 Å². The molecule has 0 heterocycles. The average Bonchev–Trinajstić information content (AvgIpc) is 2.61. The Hall–Kier alpha value is -2.08. The van der Waals surface area contributed by atoms with Gasteiger partial charge in [-0.05, 0) is 33.6 Å². The first-order valence-corrected chi connectivity index (χ1v) is 9.44. The van der Waals surface area contributed by atoms with Gasteiger partial charge in [0.05, 0.1) is 25.9 Å². The molecule has 0 radical (unpaired) electrons. The molecule has 0 saturated carbocycles. The van der Waals surface area contributed by atoms with Crippen LogP contribution >= 0.6 is 15.9 Å². The van der Waals surface area contributed by atoms with E-state index in [-0.39, 0.29) is 11.4 Å². The van der Waals surface area contributed by atoms with Gasteiger partial charge in [0.15, 0.2) is 11.5 Å². The van der Waals surface area contributed by atoms with E-state index in [4.69, 9.17) is 14.7 Å². The van der Waals surface area contributed by atoms with Crippen LogP contribution in [0.3, 0.4) is 0 Å². The van der Waals surface area contributed by atoms with E-state index in [1.165, 1.54) is 31.6 Å². The molecule has 0 N–H and O–H groups in total. The van der Waals surface area contributed by atoms with Gasteiger partial charge in [0.25, 0.3) is 0 Å². The van der Waals surface area contributed by atoms with E-state index in [1.807, 2.05) is 0 Å². The third-order valence-electron chi connectivity index (χ3n) is 3.66. The maximum absolute atomic E-state index is 12.9. The molecular weight excluding hydrogens is 408 g/mol. The first-order valence-electron chi connectivity index (χ1n) is 7.21. The minimum absolute atomic E-state index is 0.0575. The zero-order valence-electron chi connectivity index (χ0n) is 14.0. The van der Waals surface area contributed by atoms with Crippen molar-refractivity contribution in [2.24, 2.45) is 0 Å². The number of nitrogens with zero attached hydrogens (tertiary/aromatic N) is 2. The molecule has 0 atom stereocenters.